The van der Waals surface area contributed by atoms with Gasteiger partial charge in [0.1, 0.15) is 6.04 Å². The highest BCUT2D eigenvalue weighted by Gasteiger charge is 2.27. The molecule has 1 aliphatic carbocycles. The van der Waals surface area contributed by atoms with Crippen molar-refractivity contribution < 1.29 is 14.4 Å². The summed E-state index contributed by atoms with van der Waals surface area (Å²) < 4.78 is 0. The van der Waals surface area contributed by atoms with Crippen molar-refractivity contribution in [2.24, 2.45) is 5.92 Å². The molecular formula is C17H24N4O3S. The summed E-state index contributed by atoms with van der Waals surface area (Å²) in [7, 11) is 0. The Kier molecular flexibility index (Phi) is 6.01. The standard InChI is InChI=1S/C17H24N4O3S/c22-14-7-6-13(20-14)16(24)21-17-19-12(10-25-17)8-15(23)18-9-11-4-2-1-3-5-11/h10-11,13H,1-9H2,(H,18,23)(H,20,22)(H,19,21,24). The normalized spacial score (nSPS) is 21.0. The van der Waals surface area contributed by atoms with Gasteiger partial charge in [0.05, 0.1) is 12.1 Å². The third-order valence-corrected chi connectivity index (χ3v) is 5.55. The molecule has 2 aliphatic rings. The second kappa shape index (κ2) is 8.42. The number of nitrogens with zero attached hydrogens (tertiary/aromatic N) is 1. The van der Waals surface area contributed by atoms with E-state index in [-0.39, 0.29) is 24.1 Å². The second-order valence-electron chi connectivity index (χ2n) is 6.78. The lowest BCUT2D eigenvalue weighted by Crippen LogP contribution is -2.37. The van der Waals surface area contributed by atoms with E-state index in [1.807, 2.05) is 0 Å². The monoisotopic (exact) mass is 364 g/mol. The fourth-order valence-electron chi connectivity index (χ4n) is 3.33. The molecule has 0 aromatic carbocycles. The summed E-state index contributed by atoms with van der Waals surface area (Å²) in [6, 6.07) is -0.487. The summed E-state index contributed by atoms with van der Waals surface area (Å²) >= 11 is 1.29. The van der Waals surface area contributed by atoms with Gasteiger partial charge in [-0.3, -0.25) is 14.4 Å². The summed E-state index contributed by atoms with van der Waals surface area (Å²) in [4.78, 5) is 39.5. The van der Waals surface area contributed by atoms with E-state index in [0.29, 0.717) is 29.6 Å². The molecule has 8 heteroatoms. The number of carbonyl (C=O) groups excluding carboxylic acids is 3. The lowest BCUT2D eigenvalue weighted by molar-refractivity contribution is -0.122. The highest BCUT2D eigenvalue weighted by Crippen LogP contribution is 2.23. The molecule has 0 spiro atoms. The molecule has 2 fully saturated rings. The molecule has 1 saturated heterocycles. The number of nitrogens with one attached hydrogen (secondary N) is 3. The zero-order valence-electron chi connectivity index (χ0n) is 14.2. The highest BCUT2D eigenvalue weighted by molar-refractivity contribution is 7.13. The van der Waals surface area contributed by atoms with Gasteiger partial charge in [0.15, 0.2) is 5.13 Å². The minimum atomic E-state index is -0.487. The van der Waals surface area contributed by atoms with E-state index >= 15 is 0 Å². The van der Waals surface area contributed by atoms with Gasteiger partial charge in [-0.1, -0.05) is 19.3 Å². The molecule has 1 aromatic heterocycles. The first-order valence-corrected chi connectivity index (χ1v) is 9.79. The second-order valence-corrected chi connectivity index (χ2v) is 7.64. The molecule has 25 heavy (non-hydrogen) atoms. The van der Waals surface area contributed by atoms with Crippen molar-refractivity contribution in [2.75, 3.05) is 11.9 Å². The van der Waals surface area contributed by atoms with Crippen molar-refractivity contribution in [1.29, 1.82) is 0 Å². The third-order valence-electron chi connectivity index (χ3n) is 4.75. The Morgan fingerprint density at radius 2 is 2.04 bits per heavy atom. The molecular weight excluding hydrogens is 340 g/mol. The first-order chi connectivity index (χ1) is 12.1. The highest BCUT2D eigenvalue weighted by atomic mass is 32.1. The quantitative estimate of drug-likeness (QED) is 0.714. The number of carbonyl (C=O) groups is 3. The Morgan fingerprint density at radius 1 is 1.24 bits per heavy atom. The Hall–Kier alpha value is -1.96. The van der Waals surface area contributed by atoms with Gasteiger partial charge in [-0.2, -0.15) is 0 Å². The van der Waals surface area contributed by atoms with E-state index in [1.54, 1.807) is 5.38 Å². The van der Waals surface area contributed by atoms with Crippen LogP contribution in [0.15, 0.2) is 5.38 Å². The van der Waals surface area contributed by atoms with Gasteiger partial charge in [0, 0.05) is 18.3 Å². The molecule has 2 heterocycles. The van der Waals surface area contributed by atoms with Crippen LogP contribution in [0.25, 0.3) is 0 Å². The van der Waals surface area contributed by atoms with E-state index < -0.39 is 6.04 Å². The fraction of sp³-hybridized carbons (Fsp3) is 0.647. The van der Waals surface area contributed by atoms with Gasteiger partial charge in [0.25, 0.3) is 0 Å². The van der Waals surface area contributed by atoms with Gasteiger partial charge in [0.2, 0.25) is 17.7 Å². The van der Waals surface area contributed by atoms with Gasteiger partial charge in [-0.25, -0.2) is 4.98 Å². The number of anilines is 1. The van der Waals surface area contributed by atoms with Crippen LogP contribution in [0.1, 0.15) is 50.6 Å². The number of hydrogen-bond acceptors (Lipinski definition) is 5. The van der Waals surface area contributed by atoms with Gasteiger partial charge in [-0.05, 0) is 25.2 Å². The smallest absolute Gasteiger partial charge is 0.248 e. The van der Waals surface area contributed by atoms with E-state index in [1.165, 1.54) is 43.4 Å². The lowest BCUT2D eigenvalue weighted by Gasteiger charge is -2.21. The summed E-state index contributed by atoms with van der Waals surface area (Å²) in [6.45, 7) is 0.744. The molecule has 3 amide bonds. The molecule has 136 valence electrons. The van der Waals surface area contributed by atoms with Crippen LogP contribution in [-0.4, -0.2) is 35.3 Å². The zero-order chi connectivity index (χ0) is 17.6. The zero-order valence-corrected chi connectivity index (χ0v) is 15.0. The molecule has 1 atom stereocenters. The topological polar surface area (TPSA) is 100 Å². The third kappa shape index (κ3) is 5.26. The first kappa shape index (κ1) is 17.8. The number of thiazole rings is 1. The van der Waals surface area contributed by atoms with E-state index in [0.717, 1.165) is 6.54 Å². The van der Waals surface area contributed by atoms with Crippen molar-refractivity contribution in [3.63, 3.8) is 0 Å². The lowest BCUT2D eigenvalue weighted by atomic mass is 9.89. The molecule has 1 saturated carbocycles. The Morgan fingerprint density at radius 3 is 2.76 bits per heavy atom. The number of hydrogen-bond donors (Lipinski definition) is 3. The van der Waals surface area contributed by atoms with Crippen LogP contribution in [-0.2, 0) is 20.8 Å². The van der Waals surface area contributed by atoms with Crippen LogP contribution in [0.2, 0.25) is 0 Å². The van der Waals surface area contributed by atoms with E-state index in [4.69, 9.17) is 0 Å². The van der Waals surface area contributed by atoms with Crippen molar-refractivity contribution in [2.45, 2.75) is 57.4 Å². The van der Waals surface area contributed by atoms with E-state index in [2.05, 4.69) is 20.9 Å². The average molecular weight is 364 g/mol. The molecule has 0 radical (unpaired) electrons. The SMILES string of the molecule is O=C(Cc1csc(NC(=O)C2CCC(=O)N2)n1)NCC1CCCCC1. The maximum absolute atomic E-state index is 12.1. The largest absolute Gasteiger partial charge is 0.355 e. The molecule has 7 nitrogen and oxygen atoms in total. The summed E-state index contributed by atoms with van der Waals surface area (Å²) in [5, 5.41) is 10.6. The van der Waals surface area contributed by atoms with Crippen molar-refractivity contribution in [3.8, 4) is 0 Å². The fourth-order valence-corrected chi connectivity index (χ4v) is 4.04. The molecule has 1 aliphatic heterocycles. The van der Waals surface area contributed by atoms with Crippen LogP contribution in [0.3, 0.4) is 0 Å². The average Bonchev–Trinajstić information content (AvgIpc) is 3.23. The van der Waals surface area contributed by atoms with Crippen LogP contribution < -0.4 is 16.0 Å². The predicted molar refractivity (Wildman–Crippen MR) is 95.2 cm³/mol. The molecule has 3 rings (SSSR count). The van der Waals surface area contributed by atoms with Gasteiger partial charge < -0.3 is 16.0 Å². The Bertz CT molecular complexity index is 640. The van der Waals surface area contributed by atoms with Crippen LogP contribution in [0.5, 0.6) is 0 Å². The first-order valence-electron chi connectivity index (χ1n) is 8.91. The van der Waals surface area contributed by atoms with Gasteiger partial charge >= 0.3 is 0 Å². The maximum atomic E-state index is 12.1. The van der Waals surface area contributed by atoms with Gasteiger partial charge in [-0.15, -0.1) is 11.3 Å². The Labute approximate surface area is 151 Å². The number of aromatic nitrogens is 1. The maximum Gasteiger partial charge on any atom is 0.248 e. The molecule has 0 bridgehead atoms. The summed E-state index contributed by atoms with van der Waals surface area (Å²) in [5.41, 5.74) is 0.650. The van der Waals surface area contributed by atoms with Crippen LogP contribution in [0, 0.1) is 5.92 Å². The summed E-state index contributed by atoms with van der Waals surface area (Å²) in [5.74, 6) is 0.213. The van der Waals surface area contributed by atoms with Crippen LogP contribution in [0.4, 0.5) is 5.13 Å². The minimum Gasteiger partial charge on any atom is -0.355 e. The molecule has 1 aromatic rings. The van der Waals surface area contributed by atoms with Crippen molar-refractivity contribution in [3.05, 3.63) is 11.1 Å². The van der Waals surface area contributed by atoms with Crippen LogP contribution >= 0.6 is 11.3 Å². The van der Waals surface area contributed by atoms with E-state index in [9.17, 15) is 14.4 Å². The number of rotatable bonds is 6. The predicted octanol–water partition coefficient (Wildman–Crippen LogP) is 1.60. The Balaban J connectivity index is 1.42. The van der Waals surface area contributed by atoms with Crippen molar-refractivity contribution >= 4 is 34.2 Å². The molecule has 3 N–H and O–H groups in total. The van der Waals surface area contributed by atoms with Crippen molar-refractivity contribution in [1.82, 2.24) is 15.6 Å². The summed E-state index contributed by atoms with van der Waals surface area (Å²) in [6.07, 6.45) is 7.33. The molecule has 1 unspecified atom stereocenters. The number of amides is 3. The minimum absolute atomic E-state index is 0.0307.